The van der Waals surface area contributed by atoms with Crippen LogP contribution >= 0.6 is 0 Å². The van der Waals surface area contributed by atoms with Gasteiger partial charge in [-0.25, -0.2) is 0 Å². The average molecular weight is 145 g/mol. The van der Waals surface area contributed by atoms with Gasteiger partial charge in [-0.15, -0.1) is 0 Å². The van der Waals surface area contributed by atoms with Gasteiger partial charge in [0.2, 0.25) is 0 Å². The lowest BCUT2D eigenvalue weighted by Gasteiger charge is -2.18. The lowest BCUT2D eigenvalue weighted by atomic mass is 10.1. The molecule has 0 amide bonds. The maximum Gasteiger partial charge on any atom is 0.0558 e. The van der Waals surface area contributed by atoms with E-state index >= 15 is 0 Å². The third-order valence-electron chi connectivity index (χ3n) is 1.80. The summed E-state index contributed by atoms with van der Waals surface area (Å²) < 4.78 is 0. The molecule has 0 saturated heterocycles. The summed E-state index contributed by atoms with van der Waals surface area (Å²) in [5.41, 5.74) is 0. The van der Waals surface area contributed by atoms with Gasteiger partial charge >= 0.3 is 0 Å². The molecule has 0 heterocycles. The highest BCUT2D eigenvalue weighted by Gasteiger charge is 2.02. The molecule has 0 spiro atoms. The molecule has 2 heteroatoms. The van der Waals surface area contributed by atoms with Gasteiger partial charge in [-0.2, -0.15) is 0 Å². The van der Waals surface area contributed by atoms with E-state index in [1.54, 1.807) is 0 Å². The maximum atomic E-state index is 8.58. The van der Waals surface area contributed by atoms with Crippen LogP contribution in [0.3, 0.4) is 0 Å². The van der Waals surface area contributed by atoms with E-state index in [2.05, 4.69) is 18.7 Å². The first-order valence-electron chi connectivity index (χ1n) is 4.00. The van der Waals surface area contributed by atoms with Gasteiger partial charge in [-0.1, -0.05) is 20.3 Å². The molecule has 0 radical (unpaired) electrons. The van der Waals surface area contributed by atoms with Crippen molar-refractivity contribution in [2.24, 2.45) is 5.92 Å². The molecule has 0 aromatic heterocycles. The quantitative estimate of drug-likeness (QED) is 0.623. The van der Waals surface area contributed by atoms with Crippen molar-refractivity contribution in [3.05, 3.63) is 0 Å². The van der Waals surface area contributed by atoms with Crippen LogP contribution in [-0.2, 0) is 0 Å². The van der Waals surface area contributed by atoms with E-state index in [-0.39, 0.29) is 6.61 Å². The zero-order valence-corrected chi connectivity index (χ0v) is 7.30. The Labute approximate surface area is 63.8 Å². The Hall–Kier alpha value is -0.0800. The number of aliphatic hydroxyl groups excluding tert-OH is 1. The fourth-order valence-corrected chi connectivity index (χ4v) is 0.923. The van der Waals surface area contributed by atoms with Crippen molar-refractivity contribution in [1.82, 2.24) is 4.90 Å². The number of hydrogen-bond acceptors (Lipinski definition) is 2. The minimum atomic E-state index is 0.271. The first-order chi connectivity index (χ1) is 4.70. The molecule has 10 heavy (non-hydrogen) atoms. The summed E-state index contributed by atoms with van der Waals surface area (Å²) in [6.45, 7) is 6.58. The van der Waals surface area contributed by atoms with E-state index < -0.39 is 0 Å². The van der Waals surface area contributed by atoms with Crippen molar-refractivity contribution in [1.29, 1.82) is 0 Å². The van der Waals surface area contributed by atoms with Gasteiger partial charge in [0.05, 0.1) is 6.61 Å². The zero-order chi connectivity index (χ0) is 7.98. The molecule has 2 nitrogen and oxygen atoms in total. The van der Waals surface area contributed by atoms with E-state index in [1.807, 2.05) is 7.05 Å². The predicted molar refractivity (Wildman–Crippen MR) is 44.0 cm³/mol. The van der Waals surface area contributed by atoms with E-state index in [0.717, 1.165) is 19.0 Å². The zero-order valence-electron chi connectivity index (χ0n) is 7.30. The summed E-state index contributed by atoms with van der Waals surface area (Å²) in [5.74, 6) is 0.747. The summed E-state index contributed by atoms with van der Waals surface area (Å²) >= 11 is 0. The highest BCUT2D eigenvalue weighted by molar-refractivity contribution is 4.55. The minimum absolute atomic E-state index is 0.271. The van der Waals surface area contributed by atoms with Gasteiger partial charge in [0.25, 0.3) is 0 Å². The van der Waals surface area contributed by atoms with E-state index in [1.165, 1.54) is 6.42 Å². The Morgan fingerprint density at radius 1 is 1.50 bits per heavy atom. The van der Waals surface area contributed by atoms with Crippen LogP contribution in [0.5, 0.6) is 0 Å². The molecule has 1 unspecified atom stereocenters. The Kier molecular flexibility index (Phi) is 5.64. The molecule has 0 fully saturated rings. The smallest absolute Gasteiger partial charge is 0.0558 e. The minimum Gasteiger partial charge on any atom is -0.395 e. The average Bonchev–Trinajstić information content (AvgIpc) is 1.88. The second-order valence-corrected chi connectivity index (χ2v) is 3.00. The largest absolute Gasteiger partial charge is 0.395 e. The Bertz CT molecular complexity index is 75.7. The molecule has 0 aromatic carbocycles. The molecule has 1 atom stereocenters. The molecule has 62 valence electrons. The van der Waals surface area contributed by atoms with Gasteiger partial charge in [-0.05, 0) is 13.0 Å². The number of rotatable bonds is 5. The van der Waals surface area contributed by atoms with Crippen LogP contribution in [0.15, 0.2) is 0 Å². The van der Waals surface area contributed by atoms with Crippen LogP contribution in [0.25, 0.3) is 0 Å². The van der Waals surface area contributed by atoms with Crippen molar-refractivity contribution < 1.29 is 5.11 Å². The van der Waals surface area contributed by atoms with Gasteiger partial charge < -0.3 is 10.0 Å². The molecule has 0 aliphatic heterocycles. The van der Waals surface area contributed by atoms with Crippen molar-refractivity contribution in [3.63, 3.8) is 0 Å². The summed E-state index contributed by atoms with van der Waals surface area (Å²) in [5, 5.41) is 8.58. The summed E-state index contributed by atoms with van der Waals surface area (Å²) in [6.07, 6.45) is 1.22. The van der Waals surface area contributed by atoms with Crippen molar-refractivity contribution in [2.45, 2.75) is 20.3 Å². The lowest BCUT2D eigenvalue weighted by molar-refractivity contribution is 0.204. The maximum absolute atomic E-state index is 8.58. The second-order valence-electron chi connectivity index (χ2n) is 3.00. The van der Waals surface area contributed by atoms with Crippen LogP contribution in [0.4, 0.5) is 0 Å². The fraction of sp³-hybridized carbons (Fsp3) is 1.00. The third-order valence-corrected chi connectivity index (χ3v) is 1.80. The van der Waals surface area contributed by atoms with E-state index in [9.17, 15) is 0 Å². The molecule has 0 aromatic rings. The SMILES string of the molecule is CCC(C)CN(C)CCO. The van der Waals surface area contributed by atoms with Gasteiger partial charge in [-0.3, -0.25) is 0 Å². The summed E-state index contributed by atoms with van der Waals surface area (Å²) in [6, 6.07) is 0. The first-order valence-corrected chi connectivity index (χ1v) is 4.00. The Morgan fingerprint density at radius 3 is 2.50 bits per heavy atom. The van der Waals surface area contributed by atoms with E-state index in [0.29, 0.717) is 0 Å². The lowest BCUT2D eigenvalue weighted by Crippen LogP contribution is -2.26. The predicted octanol–water partition coefficient (Wildman–Crippen LogP) is 0.957. The number of likely N-dealkylation sites (N-methyl/N-ethyl adjacent to an activating group) is 1. The number of hydrogen-bond donors (Lipinski definition) is 1. The Morgan fingerprint density at radius 2 is 2.10 bits per heavy atom. The molecule has 1 N–H and O–H groups in total. The fourth-order valence-electron chi connectivity index (χ4n) is 0.923. The van der Waals surface area contributed by atoms with Crippen molar-refractivity contribution >= 4 is 0 Å². The summed E-state index contributed by atoms with van der Waals surface area (Å²) in [4.78, 5) is 2.16. The van der Waals surface area contributed by atoms with Gasteiger partial charge in [0, 0.05) is 13.1 Å². The second kappa shape index (κ2) is 5.69. The molecular weight excluding hydrogens is 126 g/mol. The molecule has 0 rings (SSSR count). The highest BCUT2D eigenvalue weighted by atomic mass is 16.3. The monoisotopic (exact) mass is 145 g/mol. The molecule has 0 aliphatic carbocycles. The van der Waals surface area contributed by atoms with Crippen LogP contribution in [0.2, 0.25) is 0 Å². The highest BCUT2D eigenvalue weighted by Crippen LogP contribution is 2.01. The van der Waals surface area contributed by atoms with Gasteiger partial charge in [0.1, 0.15) is 0 Å². The van der Waals surface area contributed by atoms with Crippen LogP contribution in [0, 0.1) is 5.92 Å². The number of nitrogens with zero attached hydrogens (tertiary/aromatic N) is 1. The Balaban J connectivity index is 3.27. The summed E-state index contributed by atoms with van der Waals surface area (Å²) in [7, 11) is 2.04. The third kappa shape index (κ3) is 4.77. The van der Waals surface area contributed by atoms with Crippen LogP contribution < -0.4 is 0 Å². The van der Waals surface area contributed by atoms with Gasteiger partial charge in [0.15, 0.2) is 0 Å². The van der Waals surface area contributed by atoms with Crippen LogP contribution in [0.1, 0.15) is 20.3 Å². The van der Waals surface area contributed by atoms with Crippen molar-refractivity contribution in [3.8, 4) is 0 Å². The topological polar surface area (TPSA) is 23.5 Å². The first kappa shape index (κ1) is 9.92. The molecule has 0 saturated carbocycles. The number of aliphatic hydroxyl groups is 1. The van der Waals surface area contributed by atoms with Crippen LogP contribution in [-0.4, -0.2) is 36.8 Å². The van der Waals surface area contributed by atoms with Crippen molar-refractivity contribution in [2.75, 3.05) is 26.7 Å². The molecule has 0 bridgehead atoms. The standard InChI is InChI=1S/C8H19NO/c1-4-8(2)7-9(3)5-6-10/h8,10H,4-7H2,1-3H3. The van der Waals surface area contributed by atoms with E-state index in [4.69, 9.17) is 5.11 Å². The normalized spacial score (nSPS) is 14.1. The molecule has 0 aliphatic rings. The molecular formula is C8H19NO.